The normalized spacial score (nSPS) is 16.9. The Kier molecular flexibility index (Phi) is 3.04. The number of carbonyl (C=O) groups is 1. The summed E-state index contributed by atoms with van der Waals surface area (Å²) in [7, 11) is 0. The van der Waals surface area contributed by atoms with Crippen molar-refractivity contribution in [2.45, 2.75) is 25.3 Å². The summed E-state index contributed by atoms with van der Waals surface area (Å²) in [6, 6.07) is 5.65. The summed E-state index contributed by atoms with van der Waals surface area (Å²) >= 11 is 3.36. The first-order valence-electron chi connectivity index (χ1n) is 5.26. The molecule has 0 atom stereocenters. The first-order chi connectivity index (χ1) is 7.56. The number of nitrogens with one attached hydrogen (secondary N) is 1. The summed E-state index contributed by atoms with van der Waals surface area (Å²) in [4.78, 5) is 12.0. The maximum Gasteiger partial charge on any atom is 0.252 e. The molecule has 2 N–H and O–H groups in total. The van der Waals surface area contributed by atoms with Gasteiger partial charge in [-0.25, -0.2) is 0 Å². The predicted molar refractivity (Wildman–Crippen MR) is 65.4 cm³/mol. The Morgan fingerprint density at radius 2 is 2.25 bits per heavy atom. The summed E-state index contributed by atoms with van der Waals surface area (Å²) in [5.74, 6) is -0.123. The smallest absolute Gasteiger partial charge is 0.252 e. The molecule has 0 spiro atoms. The molecule has 1 aliphatic carbocycles. The van der Waals surface area contributed by atoms with Gasteiger partial charge < -0.3 is 10.4 Å². The van der Waals surface area contributed by atoms with E-state index in [1.807, 2.05) is 25.1 Å². The summed E-state index contributed by atoms with van der Waals surface area (Å²) in [5.41, 5.74) is 1.31. The Hall–Kier alpha value is -0.870. The van der Waals surface area contributed by atoms with Gasteiger partial charge in [0.25, 0.3) is 5.91 Å². The topological polar surface area (TPSA) is 49.3 Å². The average molecular weight is 284 g/mol. The molecule has 1 saturated carbocycles. The molecule has 0 aromatic heterocycles. The second kappa shape index (κ2) is 4.18. The molecule has 0 heterocycles. The lowest BCUT2D eigenvalue weighted by Crippen LogP contribution is -2.39. The van der Waals surface area contributed by atoms with Crippen LogP contribution < -0.4 is 5.32 Å². The number of amides is 1. The fourth-order valence-electron chi connectivity index (χ4n) is 1.59. The van der Waals surface area contributed by atoms with Crippen LogP contribution in [0.25, 0.3) is 0 Å². The minimum Gasteiger partial charge on any atom is -0.394 e. The van der Waals surface area contributed by atoms with Crippen LogP contribution in [0.15, 0.2) is 22.7 Å². The largest absolute Gasteiger partial charge is 0.394 e. The molecular weight excluding hydrogens is 270 g/mol. The second-order valence-corrected chi connectivity index (χ2v) is 5.23. The van der Waals surface area contributed by atoms with Gasteiger partial charge in [0.1, 0.15) is 0 Å². The van der Waals surface area contributed by atoms with Crippen molar-refractivity contribution in [3.63, 3.8) is 0 Å². The molecule has 0 saturated heterocycles. The van der Waals surface area contributed by atoms with Gasteiger partial charge in [-0.2, -0.15) is 0 Å². The number of hydrogen-bond acceptors (Lipinski definition) is 2. The Balaban J connectivity index is 2.17. The van der Waals surface area contributed by atoms with Crippen LogP contribution in [-0.2, 0) is 0 Å². The van der Waals surface area contributed by atoms with Crippen molar-refractivity contribution in [1.29, 1.82) is 0 Å². The molecule has 1 aromatic carbocycles. The third kappa shape index (κ3) is 2.28. The third-order valence-electron chi connectivity index (χ3n) is 2.90. The summed E-state index contributed by atoms with van der Waals surface area (Å²) in [6.45, 7) is 1.96. The van der Waals surface area contributed by atoms with Gasteiger partial charge in [-0.15, -0.1) is 0 Å². The van der Waals surface area contributed by atoms with Crippen LogP contribution in [0.2, 0.25) is 0 Å². The van der Waals surface area contributed by atoms with Gasteiger partial charge in [-0.1, -0.05) is 11.6 Å². The van der Waals surface area contributed by atoms with Crippen LogP contribution >= 0.6 is 15.9 Å². The standard InChI is InChI=1S/C12H14BrNO2/c1-8-2-3-10(13)9(6-8)11(16)14-12(7-15)4-5-12/h2-3,6,15H,4-5,7H2,1H3,(H,14,16). The monoisotopic (exact) mass is 283 g/mol. The molecule has 1 fully saturated rings. The Labute approximate surface area is 103 Å². The van der Waals surface area contributed by atoms with Gasteiger partial charge in [0.15, 0.2) is 0 Å². The van der Waals surface area contributed by atoms with Crippen LogP contribution in [0.5, 0.6) is 0 Å². The van der Waals surface area contributed by atoms with Gasteiger partial charge >= 0.3 is 0 Å². The van der Waals surface area contributed by atoms with Crippen molar-refractivity contribution < 1.29 is 9.90 Å². The van der Waals surface area contributed by atoms with Crippen LogP contribution in [-0.4, -0.2) is 23.2 Å². The molecule has 1 aliphatic rings. The van der Waals surface area contributed by atoms with E-state index in [1.54, 1.807) is 0 Å². The number of carbonyl (C=O) groups excluding carboxylic acids is 1. The maximum atomic E-state index is 12.0. The average Bonchev–Trinajstić information content (AvgIpc) is 3.02. The number of benzene rings is 1. The maximum absolute atomic E-state index is 12.0. The molecule has 16 heavy (non-hydrogen) atoms. The fraction of sp³-hybridized carbons (Fsp3) is 0.417. The Morgan fingerprint density at radius 3 is 2.81 bits per heavy atom. The zero-order valence-electron chi connectivity index (χ0n) is 9.09. The van der Waals surface area contributed by atoms with Crippen molar-refractivity contribution in [3.05, 3.63) is 33.8 Å². The SMILES string of the molecule is Cc1ccc(Br)c(C(=O)NC2(CO)CC2)c1. The number of rotatable bonds is 3. The number of aliphatic hydroxyl groups excluding tert-OH is 1. The molecule has 0 radical (unpaired) electrons. The number of halogens is 1. The van der Waals surface area contributed by atoms with Crippen molar-refractivity contribution in [2.75, 3.05) is 6.61 Å². The zero-order valence-corrected chi connectivity index (χ0v) is 10.7. The fourth-order valence-corrected chi connectivity index (χ4v) is 2.02. The number of aryl methyl sites for hydroxylation is 1. The van der Waals surface area contributed by atoms with E-state index < -0.39 is 0 Å². The molecule has 0 unspecified atom stereocenters. The molecule has 86 valence electrons. The third-order valence-corrected chi connectivity index (χ3v) is 3.59. The van der Waals surface area contributed by atoms with Gasteiger partial charge in [0.2, 0.25) is 0 Å². The quantitative estimate of drug-likeness (QED) is 0.892. The molecule has 2 rings (SSSR count). The lowest BCUT2D eigenvalue weighted by Gasteiger charge is -2.15. The molecule has 0 bridgehead atoms. The molecule has 0 aliphatic heterocycles. The Morgan fingerprint density at radius 1 is 1.56 bits per heavy atom. The number of aliphatic hydroxyl groups is 1. The van der Waals surface area contributed by atoms with E-state index in [4.69, 9.17) is 5.11 Å². The molecule has 4 heteroatoms. The molecular formula is C12H14BrNO2. The van der Waals surface area contributed by atoms with E-state index >= 15 is 0 Å². The van der Waals surface area contributed by atoms with Crippen LogP contribution in [0.3, 0.4) is 0 Å². The van der Waals surface area contributed by atoms with Crippen molar-refractivity contribution in [2.24, 2.45) is 0 Å². The first kappa shape index (κ1) is 11.6. The highest BCUT2D eigenvalue weighted by Crippen LogP contribution is 2.35. The zero-order chi connectivity index (χ0) is 11.8. The summed E-state index contributed by atoms with van der Waals surface area (Å²) in [6.07, 6.45) is 1.72. The van der Waals surface area contributed by atoms with Crippen LogP contribution in [0.4, 0.5) is 0 Å². The minimum atomic E-state index is -0.361. The van der Waals surface area contributed by atoms with Gasteiger partial charge in [-0.3, -0.25) is 4.79 Å². The molecule has 1 aromatic rings. The highest BCUT2D eigenvalue weighted by Gasteiger charge is 2.43. The second-order valence-electron chi connectivity index (χ2n) is 4.38. The molecule has 1 amide bonds. The van der Waals surface area contributed by atoms with Gasteiger partial charge in [0.05, 0.1) is 17.7 Å². The molecule has 3 nitrogen and oxygen atoms in total. The highest BCUT2D eigenvalue weighted by molar-refractivity contribution is 9.10. The van der Waals surface area contributed by atoms with Crippen molar-refractivity contribution in [1.82, 2.24) is 5.32 Å². The lowest BCUT2D eigenvalue weighted by molar-refractivity contribution is 0.0906. The number of hydrogen-bond donors (Lipinski definition) is 2. The van der Waals surface area contributed by atoms with Crippen LogP contribution in [0, 0.1) is 6.92 Å². The van der Waals surface area contributed by atoms with E-state index in [2.05, 4.69) is 21.2 Å². The van der Waals surface area contributed by atoms with Crippen molar-refractivity contribution >= 4 is 21.8 Å². The predicted octanol–water partition coefficient (Wildman–Crippen LogP) is 2.01. The van der Waals surface area contributed by atoms with Gasteiger partial charge in [-0.05, 0) is 47.8 Å². The van der Waals surface area contributed by atoms with Crippen LogP contribution in [0.1, 0.15) is 28.8 Å². The van der Waals surface area contributed by atoms with E-state index in [0.717, 1.165) is 22.9 Å². The first-order valence-corrected chi connectivity index (χ1v) is 6.05. The highest BCUT2D eigenvalue weighted by atomic mass is 79.9. The van der Waals surface area contributed by atoms with E-state index in [9.17, 15) is 4.79 Å². The van der Waals surface area contributed by atoms with E-state index in [-0.39, 0.29) is 18.1 Å². The minimum absolute atomic E-state index is 0.0160. The lowest BCUT2D eigenvalue weighted by atomic mass is 10.1. The summed E-state index contributed by atoms with van der Waals surface area (Å²) in [5, 5.41) is 12.0. The van der Waals surface area contributed by atoms with E-state index in [0.29, 0.717) is 5.56 Å². The Bertz CT molecular complexity index is 427. The summed E-state index contributed by atoms with van der Waals surface area (Å²) < 4.78 is 0.782. The van der Waals surface area contributed by atoms with E-state index in [1.165, 1.54) is 0 Å². The van der Waals surface area contributed by atoms with Gasteiger partial charge in [0, 0.05) is 4.47 Å². The van der Waals surface area contributed by atoms with Crippen molar-refractivity contribution in [3.8, 4) is 0 Å².